The minimum absolute atomic E-state index is 0.0137. The number of aryl methyl sites for hydroxylation is 1. The molecule has 0 aromatic carbocycles. The third-order valence-corrected chi connectivity index (χ3v) is 4.75. The Morgan fingerprint density at radius 3 is 3.05 bits per heavy atom. The molecule has 1 aromatic heterocycles. The zero-order valence-corrected chi connectivity index (χ0v) is 13.5. The van der Waals surface area contributed by atoms with Gasteiger partial charge in [0.05, 0.1) is 6.54 Å². The lowest BCUT2D eigenvalue weighted by Crippen LogP contribution is -2.36. The van der Waals surface area contributed by atoms with Gasteiger partial charge in [-0.15, -0.1) is 23.1 Å². The molecule has 106 valence electrons. The van der Waals surface area contributed by atoms with E-state index in [4.69, 9.17) is 0 Å². The van der Waals surface area contributed by atoms with Gasteiger partial charge in [-0.3, -0.25) is 4.79 Å². The van der Waals surface area contributed by atoms with Gasteiger partial charge < -0.3 is 4.90 Å². The second kappa shape index (κ2) is 6.95. The highest BCUT2D eigenvalue weighted by Gasteiger charge is 2.27. The molecule has 0 aliphatic carbocycles. The molecule has 0 fully saturated rings. The zero-order valence-electron chi connectivity index (χ0n) is 11.8. The van der Waals surface area contributed by atoms with Crippen molar-refractivity contribution in [3.8, 4) is 0 Å². The van der Waals surface area contributed by atoms with Gasteiger partial charge in [-0.25, -0.2) is 0 Å². The summed E-state index contributed by atoms with van der Waals surface area (Å²) in [7, 11) is 0. The first kappa shape index (κ1) is 15.1. The van der Waals surface area contributed by atoms with Crippen LogP contribution in [0.5, 0.6) is 0 Å². The Hall–Kier alpha value is -1.26. The van der Waals surface area contributed by atoms with Crippen molar-refractivity contribution < 1.29 is 4.79 Å². The molecule has 1 amide bonds. The topological polar surface area (TPSA) is 20.3 Å². The highest BCUT2D eigenvalue weighted by molar-refractivity contribution is 8.01. The summed E-state index contributed by atoms with van der Waals surface area (Å²) in [6.07, 6.45) is 9.73. The molecule has 1 aliphatic rings. The van der Waals surface area contributed by atoms with E-state index in [0.717, 1.165) is 6.54 Å². The predicted molar refractivity (Wildman–Crippen MR) is 89.2 cm³/mol. The molecule has 0 saturated carbocycles. The van der Waals surface area contributed by atoms with Crippen molar-refractivity contribution in [3.05, 3.63) is 57.7 Å². The number of nitrogens with zero attached hydrogens (tertiary/aromatic N) is 1. The second-order valence-electron chi connectivity index (χ2n) is 4.71. The molecule has 0 bridgehead atoms. The average molecular weight is 305 g/mol. The van der Waals surface area contributed by atoms with E-state index >= 15 is 0 Å². The highest BCUT2D eigenvalue weighted by Crippen LogP contribution is 2.35. The van der Waals surface area contributed by atoms with Gasteiger partial charge in [-0.2, -0.15) is 0 Å². The smallest absolute Gasteiger partial charge is 0.246 e. The lowest BCUT2D eigenvalue weighted by atomic mass is 9.94. The van der Waals surface area contributed by atoms with Gasteiger partial charge in [-0.05, 0) is 36.3 Å². The number of carbonyl (C=O) groups is 1. The van der Waals surface area contributed by atoms with Crippen LogP contribution < -0.4 is 0 Å². The van der Waals surface area contributed by atoms with Crippen molar-refractivity contribution >= 4 is 29.0 Å². The Labute approximate surface area is 128 Å². The standard InChI is InChI=1S/C16H19NOS2/c1-4-16(18)17-10-13(7-5-6-8-19-3)14-9-12(2)20-15(14)11-17/h4-9,13H,1,10-11H2,2-3H3/b7-5+,8-6-/t13-/m0/s1. The van der Waals surface area contributed by atoms with Crippen molar-refractivity contribution in [1.82, 2.24) is 4.90 Å². The third-order valence-electron chi connectivity index (χ3n) is 3.27. The molecule has 0 saturated heterocycles. The molecule has 1 atom stereocenters. The number of thiophene rings is 1. The van der Waals surface area contributed by atoms with E-state index in [-0.39, 0.29) is 11.8 Å². The van der Waals surface area contributed by atoms with E-state index in [1.54, 1.807) is 23.1 Å². The lowest BCUT2D eigenvalue weighted by molar-refractivity contribution is -0.127. The van der Waals surface area contributed by atoms with Crippen LogP contribution in [0.2, 0.25) is 0 Å². The van der Waals surface area contributed by atoms with Crippen molar-refractivity contribution in [2.45, 2.75) is 19.4 Å². The van der Waals surface area contributed by atoms with E-state index in [2.05, 4.69) is 31.7 Å². The van der Waals surface area contributed by atoms with Gasteiger partial charge in [0.25, 0.3) is 0 Å². The van der Waals surface area contributed by atoms with Gasteiger partial charge in [0.2, 0.25) is 5.91 Å². The van der Waals surface area contributed by atoms with Crippen LogP contribution in [0, 0.1) is 6.92 Å². The number of carbonyl (C=O) groups excluding carboxylic acids is 1. The SMILES string of the molecule is C=CC(=O)N1Cc2sc(C)cc2[C@@H](/C=C/C=C\SC)C1. The van der Waals surface area contributed by atoms with Gasteiger partial charge in [0, 0.05) is 22.2 Å². The van der Waals surface area contributed by atoms with Crippen LogP contribution in [0.4, 0.5) is 0 Å². The predicted octanol–water partition coefficient (Wildman–Crippen LogP) is 4.10. The number of rotatable bonds is 4. The van der Waals surface area contributed by atoms with Crippen LogP contribution in [0.25, 0.3) is 0 Å². The minimum atomic E-state index is 0.0137. The quantitative estimate of drug-likeness (QED) is 0.616. The first-order valence-electron chi connectivity index (χ1n) is 6.52. The Bertz CT molecular complexity index is 557. The fourth-order valence-corrected chi connectivity index (χ4v) is 3.75. The number of allylic oxidation sites excluding steroid dienone is 2. The molecule has 1 aromatic rings. The van der Waals surface area contributed by atoms with Crippen LogP contribution >= 0.6 is 23.1 Å². The first-order valence-corrected chi connectivity index (χ1v) is 8.62. The summed E-state index contributed by atoms with van der Waals surface area (Å²) in [5.41, 5.74) is 1.37. The van der Waals surface area contributed by atoms with Crippen LogP contribution in [-0.2, 0) is 11.3 Å². The van der Waals surface area contributed by atoms with Gasteiger partial charge in [0.1, 0.15) is 0 Å². The van der Waals surface area contributed by atoms with Crippen LogP contribution in [0.1, 0.15) is 21.2 Å². The lowest BCUT2D eigenvalue weighted by Gasteiger charge is -2.30. The van der Waals surface area contributed by atoms with E-state index in [0.29, 0.717) is 6.54 Å². The van der Waals surface area contributed by atoms with E-state index in [9.17, 15) is 4.79 Å². The van der Waals surface area contributed by atoms with Gasteiger partial charge in [-0.1, -0.05) is 24.8 Å². The number of thioether (sulfide) groups is 1. The number of hydrogen-bond acceptors (Lipinski definition) is 3. The molecule has 0 radical (unpaired) electrons. The summed E-state index contributed by atoms with van der Waals surface area (Å²) < 4.78 is 0. The number of fused-ring (bicyclic) bond motifs is 1. The Morgan fingerprint density at radius 2 is 2.35 bits per heavy atom. The van der Waals surface area contributed by atoms with Crippen LogP contribution in [0.3, 0.4) is 0 Å². The Kier molecular flexibility index (Phi) is 5.26. The monoisotopic (exact) mass is 305 g/mol. The molecule has 0 spiro atoms. The van der Waals surface area contributed by atoms with Crippen molar-refractivity contribution in [2.75, 3.05) is 12.8 Å². The molecule has 0 unspecified atom stereocenters. The molecular weight excluding hydrogens is 286 g/mol. The molecule has 1 aliphatic heterocycles. The van der Waals surface area contributed by atoms with Crippen LogP contribution in [0.15, 0.2) is 42.4 Å². The number of amides is 1. The molecule has 4 heteroatoms. The van der Waals surface area contributed by atoms with Gasteiger partial charge in [0.15, 0.2) is 0 Å². The Morgan fingerprint density at radius 1 is 1.55 bits per heavy atom. The maximum Gasteiger partial charge on any atom is 0.246 e. The van der Waals surface area contributed by atoms with Crippen molar-refractivity contribution in [2.24, 2.45) is 0 Å². The summed E-state index contributed by atoms with van der Waals surface area (Å²) in [5.74, 6) is 0.291. The maximum absolute atomic E-state index is 11.9. The molecule has 2 rings (SSSR count). The summed E-state index contributed by atoms with van der Waals surface area (Å²) in [5, 5.41) is 2.05. The fourth-order valence-electron chi connectivity index (χ4n) is 2.38. The second-order valence-corrected chi connectivity index (χ2v) is 6.80. The average Bonchev–Trinajstić information content (AvgIpc) is 2.82. The van der Waals surface area contributed by atoms with Gasteiger partial charge >= 0.3 is 0 Å². The van der Waals surface area contributed by atoms with E-state index in [1.807, 2.05) is 22.6 Å². The molecule has 20 heavy (non-hydrogen) atoms. The minimum Gasteiger partial charge on any atom is -0.333 e. The van der Waals surface area contributed by atoms with Crippen molar-refractivity contribution in [1.29, 1.82) is 0 Å². The third kappa shape index (κ3) is 3.44. The molecule has 2 nitrogen and oxygen atoms in total. The van der Waals surface area contributed by atoms with E-state index < -0.39 is 0 Å². The normalized spacial score (nSPS) is 18.7. The van der Waals surface area contributed by atoms with Crippen molar-refractivity contribution in [3.63, 3.8) is 0 Å². The first-order chi connectivity index (χ1) is 9.65. The fraction of sp³-hybridized carbons (Fsp3) is 0.312. The largest absolute Gasteiger partial charge is 0.333 e. The molecule has 0 N–H and O–H groups in total. The zero-order chi connectivity index (χ0) is 14.5. The Balaban J connectivity index is 2.24. The maximum atomic E-state index is 11.9. The summed E-state index contributed by atoms with van der Waals surface area (Å²) in [4.78, 5) is 16.4. The van der Waals surface area contributed by atoms with E-state index in [1.165, 1.54) is 21.4 Å². The summed E-state index contributed by atoms with van der Waals surface area (Å²) in [6, 6.07) is 2.25. The van der Waals surface area contributed by atoms with Crippen LogP contribution in [-0.4, -0.2) is 23.6 Å². The summed E-state index contributed by atoms with van der Waals surface area (Å²) in [6.45, 7) is 7.16. The molecular formula is C16H19NOS2. The highest BCUT2D eigenvalue weighted by atomic mass is 32.2. The number of hydrogen-bond donors (Lipinski definition) is 0. The molecule has 2 heterocycles. The summed E-state index contributed by atoms with van der Waals surface area (Å²) >= 11 is 3.46.